The fourth-order valence-corrected chi connectivity index (χ4v) is 2.19. The second-order valence-electron chi connectivity index (χ2n) is 4.60. The lowest BCUT2D eigenvalue weighted by molar-refractivity contribution is 0.552. The Balaban J connectivity index is 1.79. The molecule has 0 radical (unpaired) electrons. The van der Waals surface area contributed by atoms with Gasteiger partial charge >= 0.3 is 0 Å². The summed E-state index contributed by atoms with van der Waals surface area (Å²) in [5.41, 5.74) is 1.21. The summed E-state index contributed by atoms with van der Waals surface area (Å²) in [4.78, 5) is 11.7. The van der Waals surface area contributed by atoms with Gasteiger partial charge in [0, 0.05) is 36.7 Å². The summed E-state index contributed by atoms with van der Waals surface area (Å²) in [6.45, 7) is 2.87. The van der Waals surface area contributed by atoms with E-state index in [1.807, 2.05) is 24.7 Å². The van der Waals surface area contributed by atoms with Crippen LogP contribution in [0.3, 0.4) is 0 Å². The van der Waals surface area contributed by atoms with Crippen LogP contribution in [0.1, 0.15) is 24.4 Å². The molecular weight excluding hydrogens is 236 g/mol. The van der Waals surface area contributed by atoms with E-state index in [2.05, 4.69) is 45.4 Å². The van der Waals surface area contributed by atoms with Gasteiger partial charge in [-0.15, -0.1) is 0 Å². The zero-order valence-corrected chi connectivity index (χ0v) is 10.8. The quantitative estimate of drug-likeness (QED) is 0.750. The SMILES string of the molecule is CC(NCc1cncc2ccccc12)c1ncc[nH]1. The number of fused-ring (bicyclic) bond motifs is 1. The van der Waals surface area contributed by atoms with Gasteiger partial charge in [0.05, 0.1) is 6.04 Å². The number of H-pyrrole nitrogens is 1. The van der Waals surface area contributed by atoms with Crippen LogP contribution in [0.25, 0.3) is 10.8 Å². The van der Waals surface area contributed by atoms with Crippen LogP contribution in [0.15, 0.2) is 49.1 Å². The van der Waals surface area contributed by atoms with Crippen molar-refractivity contribution in [2.24, 2.45) is 0 Å². The zero-order chi connectivity index (χ0) is 13.1. The van der Waals surface area contributed by atoms with Crippen molar-refractivity contribution in [2.45, 2.75) is 19.5 Å². The van der Waals surface area contributed by atoms with Gasteiger partial charge < -0.3 is 10.3 Å². The molecule has 0 amide bonds. The van der Waals surface area contributed by atoms with Crippen molar-refractivity contribution in [1.82, 2.24) is 20.3 Å². The number of benzene rings is 1. The van der Waals surface area contributed by atoms with E-state index in [4.69, 9.17) is 0 Å². The lowest BCUT2D eigenvalue weighted by Gasteiger charge is -2.12. The van der Waals surface area contributed by atoms with Gasteiger partial charge in [-0.2, -0.15) is 0 Å². The number of hydrogen-bond acceptors (Lipinski definition) is 3. The number of aromatic amines is 1. The normalized spacial score (nSPS) is 12.7. The fraction of sp³-hybridized carbons (Fsp3) is 0.200. The van der Waals surface area contributed by atoms with Crippen molar-refractivity contribution in [3.63, 3.8) is 0 Å². The summed E-state index contributed by atoms with van der Waals surface area (Å²) in [5.74, 6) is 0.952. The Morgan fingerprint density at radius 3 is 3.00 bits per heavy atom. The zero-order valence-electron chi connectivity index (χ0n) is 10.8. The number of aromatic nitrogens is 3. The molecule has 0 aliphatic heterocycles. The van der Waals surface area contributed by atoms with Crippen LogP contribution >= 0.6 is 0 Å². The summed E-state index contributed by atoms with van der Waals surface area (Å²) in [7, 11) is 0. The number of nitrogens with zero attached hydrogens (tertiary/aromatic N) is 2. The average Bonchev–Trinajstić information content (AvgIpc) is 2.99. The summed E-state index contributed by atoms with van der Waals surface area (Å²) in [6, 6.07) is 8.50. The highest BCUT2D eigenvalue weighted by atomic mass is 15.0. The molecule has 0 bridgehead atoms. The molecule has 0 saturated carbocycles. The Morgan fingerprint density at radius 2 is 2.16 bits per heavy atom. The molecule has 0 aliphatic carbocycles. The van der Waals surface area contributed by atoms with Crippen LogP contribution in [-0.4, -0.2) is 15.0 Å². The van der Waals surface area contributed by atoms with Crippen molar-refractivity contribution in [3.8, 4) is 0 Å². The van der Waals surface area contributed by atoms with E-state index in [-0.39, 0.29) is 6.04 Å². The molecular formula is C15H16N4. The third-order valence-corrected chi connectivity index (χ3v) is 3.28. The minimum Gasteiger partial charge on any atom is -0.347 e. The van der Waals surface area contributed by atoms with E-state index in [1.54, 1.807) is 6.20 Å². The molecule has 3 rings (SSSR count). The summed E-state index contributed by atoms with van der Waals surface area (Å²) in [6.07, 6.45) is 7.43. The molecule has 0 saturated heterocycles. The number of imidazole rings is 1. The van der Waals surface area contributed by atoms with Crippen LogP contribution in [0.2, 0.25) is 0 Å². The predicted octanol–water partition coefficient (Wildman–Crippen LogP) is 2.81. The van der Waals surface area contributed by atoms with Crippen molar-refractivity contribution in [3.05, 3.63) is 60.4 Å². The Kier molecular flexibility index (Phi) is 3.25. The summed E-state index contributed by atoms with van der Waals surface area (Å²) in [5, 5.41) is 5.88. The molecule has 2 heterocycles. The third-order valence-electron chi connectivity index (χ3n) is 3.28. The lowest BCUT2D eigenvalue weighted by Crippen LogP contribution is -2.19. The molecule has 0 fully saturated rings. The average molecular weight is 252 g/mol. The maximum absolute atomic E-state index is 4.29. The summed E-state index contributed by atoms with van der Waals surface area (Å²) >= 11 is 0. The smallest absolute Gasteiger partial charge is 0.122 e. The second-order valence-corrected chi connectivity index (χ2v) is 4.60. The van der Waals surface area contributed by atoms with E-state index in [0.29, 0.717) is 0 Å². The van der Waals surface area contributed by atoms with Crippen LogP contribution in [-0.2, 0) is 6.54 Å². The van der Waals surface area contributed by atoms with E-state index in [9.17, 15) is 0 Å². The topological polar surface area (TPSA) is 53.6 Å². The van der Waals surface area contributed by atoms with Gasteiger partial charge in [-0.3, -0.25) is 4.98 Å². The highest BCUT2D eigenvalue weighted by Gasteiger charge is 2.08. The van der Waals surface area contributed by atoms with E-state index >= 15 is 0 Å². The molecule has 1 unspecified atom stereocenters. The third kappa shape index (κ3) is 2.48. The fourth-order valence-electron chi connectivity index (χ4n) is 2.19. The lowest BCUT2D eigenvalue weighted by atomic mass is 10.1. The van der Waals surface area contributed by atoms with Gasteiger partial charge in [-0.05, 0) is 17.9 Å². The molecule has 1 aromatic carbocycles. The molecule has 4 nitrogen and oxygen atoms in total. The Hall–Kier alpha value is -2.20. The minimum atomic E-state index is 0.189. The van der Waals surface area contributed by atoms with Crippen molar-refractivity contribution in [1.29, 1.82) is 0 Å². The first-order valence-electron chi connectivity index (χ1n) is 6.39. The molecule has 19 heavy (non-hydrogen) atoms. The standard InChI is InChI=1S/C15H16N4/c1-11(15-17-6-7-18-15)19-10-13-9-16-8-12-4-2-3-5-14(12)13/h2-9,11,19H,10H2,1H3,(H,17,18). The van der Waals surface area contributed by atoms with Crippen LogP contribution < -0.4 is 5.32 Å². The van der Waals surface area contributed by atoms with Crippen molar-refractivity contribution in [2.75, 3.05) is 0 Å². The molecule has 0 aliphatic rings. The molecule has 3 aromatic rings. The van der Waals surface area contributed by atoms with Gasteiger partial charge in [0.15, 0.2) is 0 Å². The van der Waals surface area contributed by atoms with E-state index in [0.717, 1.165) is 12.4 Å². The first-order valence-corrected chi connectivity index (χ1v) is 6.39. The Labute approximate surface area is 111 Å². The molecule has 96 valence electrons. The highest BCUT2D eigenvalue weighted by molar-refractivity contribution is 5.84. The van der Waals surface area contributed by atoms with Gasteiger partial charge in [-0.1, -0.05) is 24.3 Å². The van der Waals surface area contributed by atoms with Crippen LogP contribution in [0.4, 0.5) is 0 Å². The molecule has 2 aromatic heterocycles. The molecule has 0 spiro atoms. The first-order chi connectivity index (χ1) is 9.34. The number of pyridine rings is 1. The van der Waals surface area contributed by atoms with E-state index in [1.165, 1.54) is 16.3 Å². The van der Waals surface area contributed by atoms with Crippen molar-refractivity contribution >= 4 is 10.8 Å². The van der Waals surface area contributed by atoms with Gasteiger partial charge in [0.1, 0.15) is 5.82 Å². The van der Waals surface area contributed by atoms with Crippen LogP contribution in [0.5, 0.6) is 0 Å². The van der Waals surface area contributed by atoms with Crippen LogP contribution in [0, 0.1) is 0 Å². The number of rotatable bonds is 4. The van der Waals surface area contributed by atoms with E-state index < -0.39 is 0 Å². The van der Waals surface area contributed by atoms with Crippen molar-refractivity contribution < 1.29 is 0 Å². The second kappa shape index (κ2) is 5.20. The van der Waals surface area contributed by atoms with Gasteiger partial charge in [0.25, 0.3) is 0 Å². The van der Waals surface area contributed by atoms with Gasteiger partial charge in [0.2, 0.25) is 0 Å². The summed E-state index contributed by atoms with van der Waals surface area (Å²) < 4.78 is 0. The maximum Gasteiger partial charge on any atom is 0.122 e. The minimum absolute atomic E-state index is 0.189. The first kappa shape index (κ1) is 11.9. The monoisotopic (exact) mass is 252 g/mol. The predicted molar refractivity (Wildman–Crippen MR) is 75.6 cm³/mol. The largest absolute Gasteiger partial charge is 0.347 e. The maximum atomic E-state index is 4.29. The molecule has 2 N–H and O–H groups in total. The molecule has 4 heteroatoms. The Morgan fingerprint density at radius 1 is 1.26 bits per heavy atom. The Bertz CT molecular complexity index is 655. The molecule has 1 atom stereocenters. The number of hydrogen-bond donors (Lipinski definition) is 2. The number of nitrogens with one attached hydrogen (secondary N) is 2. The highest BCUT2D eigenvalue weighted by Crippen LogP contribution is 2.17. The van der Waals surface area contributed by atoms with Gasteiger partial charge in [-0.25, -0.2) is 4.98 Å².